The fourth-order valence-corrected chi connectivity index (χ4v) is 1.07. The van der Waals surface area contributed by atoms with Gasteiger partial charge in [-0.2, -0.15) is 0 Å². The summed E-state index contributed by atoms with van der Waals surface area (Å²) >= 11 is 0. The molecular weight excluding hydrogens is 169 g/mol. The molecular formula is C9H14FN3. The van der Waals surface area contributed by atoms with Crippen LogP contribution in [-0.4, -0.2) is 9.97 Å². The smallest absolute Gasteiger partial charge is 0.168 e. The Balaban J connectivity index is 3.24. The summed E-state index contributed by atoms with van der Waals surface area (Å²) in [6, 6.07) is 0. The molecule has 0 atom stereocenters. The van der Waals surface area contributed by atoms with E-state index in [1.807, 2.05) is 20.8 Å². The highest BCUT2D eigenvalue weighted by Crippen LogP contribution is 2.23. The molecule has 72 valence electrons. The van der Waals surface area contributed by atoms with Crippen LogP contribution in [0.2, 0.25) is 0 Å². The summed E-state index contributed by atoms with van der Waals surface area (Å²) in [4.78, 5) is 7.68. The van der Waals surface area contributed by atoms with Gasteiger partial charge in [-0.05, 0) is 0 Å². The molecule has 0 fully saturated rings. The van der Waals surface area contributed by atoms with Crippen molar-refractivity contribution in [1.82, 2.24) is 9.97 Å². The second kappa shape index (κ2) is 3.38. The summed E-state index contributed by atoms with van der Waals surface area (Å²) in [6.07, 6.45) is 1.35. The molecule has 0 saturated carbocycles. The van der Waals surface area contributed by atoms with Crippen LogP contribution in [0, 0.1) is 5.82 Å². The molecule has 0 radical (unpaired) electrons. The van der Waals surface area contributed by atoms with Crippen molar-refractivity contribution in [3.05, 3.63) is 23.5 Å². The molecule has 0 unspecified atom stereocenters. The molecule has 1 rings (SSSR count). The lowest BCUT2D eigenvalue weighted by Crippen LogP contribution is -2.19. The van der Waals surface area contributed by atoms with E-state index in [2.05, 4.69) is 9.97 Å². The molecule has 0 saturated heterocycles. The standard InChI is InChI=1S/C9H14FN3/c1-9(2,3)8-7(10)6(4-11)12-5-13-8/h5H,4,11H2,1-3H3. The Labute approximate surface area is 77.2 Å². The molecule has 1 aromatic rings. The maximum absolute atomic E-state index is 13.6. The van der Waals surface area contributed by atoms with Crippen molar-refractivity contribution in [3.63, 3.8) is 0 Å². The van der Waals surface area contributed by atoms with E-state index in [-0.39, 0.29) is 23.5 Å². The first kappa shape index (κ1) is 10.1. The molecule has 4 heteroatoms. The van der Waals surface area contributed by atoms with Crippen LogP contribution in [-0.2, 0) is 12.0 Å². The maximum atomic E-state index is 13.6. The second-order valence-electron chi connectivity index (χ2n) is 3.94. The molecule has 0 aliphatic carbocycles. The van der Waals surface area contributed by atoms with E-state index in [4.69, 9.17) is 5.73 Å². The van der Waals surface area contributed by atoms with Gasteiger partial charge in [-0.3, -0.25) is 0 Å². The van der Waals surface area contributed by atoms with Crippen LogP contribution < -0.4 is 5.73 Å². The van der Waals surface area contributed by atoms with Crippen LogP contribution in [0.1, 0.15) is 32.2 Å². The fraction of sp³-hybridized carbons (Fsp3) is 0.556. The first-order valence-corrected chi connectivity index (χ1v) is 4.16. The van der Waals surface area contributed by atoms with Crippen LogP contribution in [0.4, 0.5) is 4.39 Å². The average molecular weight is 183 g/mol. The molecule has 0 aromatic carbocycles. The van der Waals surface area contributed by atoms with Crippen molar-refractivity contribution in [3.8, 4) is 0 Å². The quantitative estimate of drug-likeness (QED) is 0.715. The molecule has 13 heavy (non-hydrogen) atoms. The minimum atomic E-state index is -0.377. The van der Waals surface area contributed by atoms with Crippen molar-refractivity contribution >= 4 is 0 Å². The van der Waals surface area contributed by atoms with Crippen LogP contribution >= 0.6 is 0 Å². The molecule has 0 spiro atoms. The number of rotatable bonds is 1. The van der Waals surface area contributed by atoms with E-state index in [0.29, 0.717) is 5.69 Å². The molecule has 0 aliphatic heterocycles. The molecule has 2 N–H and O–H groups in total. The molecule has 3 nitrogen and oxygen atoms in total. The van der Waals surface area contributed by atoms with Crippen LogP contribution in [0.25, 0.3) is 0 Å². The van der Waals surface area contributed by atoms with Gasteiger partial charge in [0.25, 0.3) is 0 Å². The number of nitrogens with zero attached hydrogens (tertiary/aromatic N) is 2. The predicted octanol–water partition coefficient (Wildman–Crippen LogP) is 1.37. The number of halogens is 1. The fourth-order valence-electron chi connectivity index (χ4n) is 1.07. The Hall–Kier alpha value is -1.03. The molecule has 0 bridgehead atoms. The van der Waals surface area contributed by atoms with E-state index < -0.39 is 0 Å². The van der Waals surface area contributed by atoms with E-state index >= 15 is 0 Å². The van der Waals surface area contributed by atoms with E-state index in [1.165, 1.54) is 6.33 Å². The van der Waals surface area contributed by atoms with Crippen LogP contribution in [0.5, 0.6) is 0 Å². The van der Waals surface area contributed by atoms with Gasteiger partial charge in [-0.1, -0.05) is 20.8 Å². The van der Waals surface area contributed by atoms with Gasteiger partial charge < -0.3 is 5.73 Å². The highest BCUT2D eigenvalue weighted by Gasteiger charge is 2.22. The first-order valence-electron chi connectivity index (χ1n) is 4.16. The third-order valence-electron chi connectivity index (χ3n) is 1.77. The number of hydrogen-bond donors (Lipinski definition) is 1. The summed E-state index contributed by atoms with van der Waals surface area (Å²) in [6.45, 7) is 5.81. The van der Waals surface area contributed by atoms with Crippen molar-refractivity contribution in [1.29, 1.82) is 0 Å². The normalized spacial score (nSPS) is 11.8. The minimum absolute atomic E-state index is 0.109. The highest BCUT2D eigenvalue weighted by molar-refractivity contribution is 5.18. The van der Waals surface area contributed by atoms with E-state index in [9.17, 15) is 4.39 Å². The Kier molecular flexibility index (Phi) is 2.61. The monoisotopic (exact) mass is 183 g/mol. The Bertz CT molecular complexity index is 304. The van der Waals surface area contributed by atoms with E-state index in [1.54, 1.807) is 0 Å². The van der Waals surface area contributed by atoms with Crippen LogP contribution in [0.3, 0.4) is 0 Å². The molecule has 0 amide bonds. The Morgan fingerprint density at radius 3 is 2.46 bits per heavy atom. The third-order valence-corrected chi connectivity index (χ3v) is 1.77. The van der Waals surface area contributed by atoms with Crippen molar-refractivity contribution < 1.29 is 4.39 Å². The summed E-state index contributed by atoms with van der Waals surface area (Å²) in [5, 5.41) is 0. The van der Waals surface area contributed by atoms with Gasteiger partial charge in [0.1, 0.15) is 6.33 Å². The summed E-state index contributed by atoms with van der Waals surface area (Å²) < 4.78 is 13.6. The number of hydrogen-bond acceptors (Lipinski definition) is 3. The van der Waals surface area contributed by atoms with Gasteiger partial charge in [0.15, 0.2) is 5.82 Å². The lowest BCUT2D eigenvalue weighted by Gasteiger charge is -2.18. The van der Waals surface area contributed by atoms with Crippen molar-refractivity contribution in [2.45, 2.75) is 32.7 Å². The summed E-state index contributed by atoms with van der Waals surface area (Å²) in [5.41, 5.74) is 5.72. The summed E-state index contributed by atoms with van der Waals surface area (Å²) in [7, 11) is 0. The zero-order chi connectivity index (χ0) is 10.1. The third kappa shape index (κ3) is 2.01. The first-order chi connectivity index (χ1) is 5.96. The lowest BCUT2D eigenvalue weighted by molar-refractivity contribution is 0.488. The Morgan fingerprint density at radius 2 is 2.00 bits per heavy atom. The number of aromatic nitrogens is 2. The van der Waals surface area contributed by atoms with Gasteiger partial charge in [-0.15, -0.1) is 0 Å². The highest BCUT2D eigenvalue weighted by atomic mass is 19.1. The summed E-state index contributed by atoms with van der Waals surface area (Å²) in [5.74, 6) is -0.377. The van der Waals surface area contributed by atoms with Gasteiger partial charge in [0.2, 0.25) is 0 Å². The molecule has 0 aliphatic rings. The average Bonchev–Trinajstić information content (AvgIpc) is 2.02. The van der Waals surface area contributed by atoms with E-state index in [0.717, 1.165) is 0 Å². The number of nitrogens with two attached hydrogens (primary N) is 1. The molecule has 1 aromatic heterocycles. The predicted molar refractivity (Wildman–Crippen MR) is 48.6 cm³/mol. The molecule has 1 heterocycles. The topological polar surface area (TPSA) is 51.8 Å². The van der Waals surface area contributed by atoms with Gasteiger partial charge in [-0.25, -0.2) is 14.4 Å². The zero-order valence-electron chi connectivity index (χ0n) is 8.13. The van der Waals surface area contributed by atoms with Crippen LogP contribution in [0.15, 0.2) is 6.33 Å². The SMILES string of the molecule is CC(C)(C)c1ncnc(CN)c1F. The largest absolute Gasteiger partial charge is 0.325 e. The second-order valence-corrected chi connectivity index (χ2v) is 3.94. The van der Waals surface area contributed by atoms with Gasteiger partial charge in [0, 0.05) is 12.0 Å². The maximum Gasteiger partial charge on any atom is 0.168 e. The lowest BCUT2D eigenvalue weighted by atomic mass is 9.91. The van der Waals surface area contributed by atoms with Gasteiger partial charge in [0.05, 0.1) is 11.4 Å². The minimum Gasteiger partial charge on any atom is -0.325 e. The Morgan fingerprint density at radius 1 is 1.38 bits per heavy atom. The zero-order valence-corrected chi connectivity index (χ0v) is 8.13. The van der Waals surface area contributed by atoms with Crippen molar-refractivity contribution in [2.24, 2.45) is 5.73 Å². The van der Waals surface area contributed by atoms with Crippen molar-refractivity contribution in [2.75, 3.05) is 0 Å². The van der Waals surface area contributed by atoms with Gasteiger partial charge >= 0.3 is 0 Å².